The second kappa shape index (κ2) is 9.57. The second-order valence-corrected chi connectivity index (χ2v) is 8.31. The Morgan fingerprint density at radius 1 is 0.548 bits per heavy atom. The largest absolute Gasteiger partial charge is 0.259 e. The Bertz CT molecular complexity index is 2100. The lowest BCUT2D eigenvalue weighted by atomic mass is 10.0. The number of allylic oxidation sites excluding steroid dienone is 2. The van der Waals surface area contributed by atoms with Gasteiger partial charge in [0.1, 0.15) is 23.3 Å². The lowest BCUT2D eigenvalue weighted by Crippen LogP contribution is -2.27. The van der Waals surface area contributed by atoms with Gasteiger partial charge in [-0.15, -0.1) is 0 Å². The smallest absolute Gasteiger partial charge is 0.255 e. The molecule has 4 aromatic rings. The van der Waals surface area contributed by atoms with Gasteiger partial charge in [-0.1, -0.05) is 0 Å². The van der Waals surface area contributed by atoms with Gasteiger partial charge in [0, 0.05) is 37.2 Å². The van der Waals surface area contributed by atoms with E-state index in [1.54, 1.807) is 0 Å². The van der Waals surface area contributed by atoms with Crippen molar-refractivity contribution in [3.05, 3.63) is 128 Å². The Morgan fingerprint density at radius 3 is 1.33 bits per heavy atom. The summed E-state index contributed by atoms with van der Waals surface area (Å²) in [6.45, 7) is 7.93. The van der Waals surface area contributed by atoms with Crippen LogP contribution in [0.5, 0.6) is 0 Å². The molecule has 0 fully saturated rings. The zero-order valence-electron chi connectivity index (χ0n) is 20.8. The number of aromatic nitrogens is 7. The van der Waals surface area contributed by atoms with Gasteiger partial charge < -0.3 is 0 Å². The summed E-state index contributed by atoms with van der Waals surface area (Å²) in [4.78, 5) is 58.9. The van der Waals surface area contributed by atoms with E-state index in [2.05, 4.69) is 81.8 Å². The predicted molar refractivity (Wildman–Crippen MR) is 136 cm³/mol. The van der Waals surface area contributed by atoms with E-state index in [0.29, 0.717) is 0 Å². The molecule has 0 unspecified atom stereocenters. The lowest BCUT2D eigenvalue weighted by Gasteiger charge is -2.09. The summed E-state index contributed by atoms with van der Waals surface area (Å²) in [6.07, 6.45) is 8.74. The summed E-state index contributed by atoms with van der Waals surface area (Å²) in [5, 5.41) is 20.4. The predicted octanol–water partition coefficient (Wildman–Crippen LogP) is -1.76. The first kappa shape index (κ1) is 24.0. The van der Waals surface area contributed by atoms with Gasteiger partial charge in [-0.2, -0.15) is 10.5 Å². The summed E-state index contributed by atoms with van der Waals surface area (Å²) >= 11 is 0. The van der Waals surface area contributed by atoms with Gasteiger partial charge >= 0.3 is 0 Å². The highest BCUT2D eigenvalue weighted by Crippen LogP contribution is 2.30. The average molecular weight is 544 g/mol. The normalized spacial score (nSPS) is 13.2. The average Bonchev–Trinajstić information content (AvgIpc) is 3.75. The maximum atomic E-state index is 10.2. The number of hydrogen-bond donors (Lipinski definition) is 0. The van der Waals surface area contributed by atoms with Crippen LogP contribution < -0.4 is 32.9 Å². The molecule has 42 heavy (non-hydrogen) atoms. The van der Waals surface area contributed by atoms with Crippen molar-refractivity contribution >= 4 is 16.8 Å². The van der Waals surface area contributed by atoms with Crippen LogP contribution in [0.1, 0.15) is 17.0 Å². The maximum absolute atomic E-state index is 10.2. The quantitative estimate of drug-likeness (QED) is 0.210. The molecule has 7 heterocycles. The van der Waals surface area contributed by atoms with E-state index >= 15 is 0 Å². The fourth-order valence-corrected chi connectivity index (χ4v) is 4.06. The van der Waals surface area contributed by atoms with Crippen LogP contribution in [0, 0.1) is 29.2 Å². The van der Waals surface area contributed by atoms with Crippen molar-refractivity contribution in [1.82, 2.24) is 34.9 Å². The third-order valence-electron chi connectivity index (χ3n) is 5.86. The molecule has 16 nitrogen and oxygen atoms in total. The van der Waals surface area contributed by atoms with Gasteiger partial charge in [-0.05, 0) is 17.7 Å². The summed E-state index contributed by atoms with van der Waals surface area (Å²) in [6, 6.07) is 7.16. The van der Waals surface area contributed by atoms with Crippen LogP contribution in [-0.2, 0) is 0 Å². The first-order valence-electron chi connectivity index (χ1n) is 11.8. The zero-order valence-corrected chi connectivity index (χ0v) is 20.8. The van der Waals surface area contributed by atoms with Gasteiger partial charge in [-0.3, -0.25) is 4.98 Å². The molecule has 0 bridgehead atoms. The van der Waals surface area contributed by atoms with E-state index in [9.17, 15) is 10.5 Å². The number of nitrogens with zero attached hydrogens (tertiary/aromatic N) is 16. The van der Waals surface area contributed by atoms with E-state index in [1.807, 2.05) is 0 Å². The molecule has 16 heteroatoms. The Labute approximate surface area is 232 Å². The van der Waals surface area contributed by atoms with Crippen molar-refractivity contribution in [2.75, 3.05) is 0 Å². The highest BCUT2D eigenvalue weighted by molar-refractivity contribution is 5.86. The van der Waals surface area contributed by atoms with Crippen LogP contribution in [0.2, 0.25) is 0 Å². The minimum atomic E-state index is -0.0682. The van der Waals surface area contributed by atoms with Gasteiger partial charge in [0.25, 0.3) is 5.70 Å². The standard InChI is InChI=1S/C26H8N16/c1-29-17(20-41-25-26(42-20)35-7-6-34-25)16-9-12(13(10-27)18-37-21-22(38-18)31-3-2-30-21)8-15(36-16)14(11-28)19-39-23-24(40-19)33-5-4-32-23/h2-9H. The SMILES string of the molecule is [C-]#[N+]C(=C1N=c2nccnc2=N1)c1cc(C(C#N)=C2N=c3nccnc3=N2)cc(C(C#N)=C2N=c3nccnc3=N2)n1. The first-order valence-corrected chi connectivity index (χ1v) is 11.8. The first-order chi connectivity index (χ1) is 20.6. The third-order valence-corrected chi connectivity index (χ3v) is 5.86. The van der Waals surface area contributed by atoms with Crippen molar-refractivity contribution in [3.8, 4) is 12.1 Å². The van der Waals surface area contributed by atoms with Crippen molar-refractivity contribution in [1.29, 1.82) is 10.5 Å². The zero-order chi connectivity index (χ0) is 28.6. The highest BCUT2D eigenvalue weighted by Gasteiger charge is 2.23. The van der Waals surface area contributed by atoms with Gasteiger partial charge in [-0.25, -0.2) is 64.7 Å². The van der Waals surface area contributed by atoms with Crippen molar-refractivity contribution < 1.29 is 0 Å². The Hall–Kier alpha value is -7.12. The topological polar surface area (TPSA) is 216 Å². The van der Waals surface area contributed by atoms with E-state index in [1.165, 1.54) is 49.3 Å². The molecule has 0 N–H and O–H groups in total. The Balaban J connectivity index is 1.50. The second-order valence-electron chi connectivity index (χ2n) is 8.31. The summed E-state index contributed by atoms with van der Waals surface area (Å²) in [5.74, 6) is 0.0906. The monoisotopic (exact) mass is 544 g/mol. The van der Waals surface area contributed by atoms with E-state index in [0.717, 1.165) is 0 Å². The summed E-state index contributed by atoms with van der Waals surface area (Å²) < 4.78 is 0. The molecular weight excluding hydrogens is 536 g/mol. The fourth-order valence-electron chi connectivity index (χ4n) is 4.06. The number of fused-ring (bicyclic) bond motifs is 3. The molecule has 192 valence electrons. The van der Waals surface area contributed by atoms with Crippen molar-refractivity contribution in [2.24, 2.45) is 30.0 Å². The van der Waals surface area contributed by atoms with Crippen molar-refractivity contribution in [2.45, 2.75) is 0 Å². The van der Waals surface area contributed by atoms with Gasteiger partial charge in [0.05, 0.1) is 18.0 Å². The van der Waals surface area contributed by atoms with Crippen molar-refractivity contribution in [3.63, 3.8) is 0 Å². The lowest BCUT2D eigenvalue weighted by molar-refractivity contribution is 1.04. The molecule has 0 amide bonds. The maximum Gasteiger partial charge on any atom is 0.255 e. The minimum Gasteiger partial charge on any atom is -0.259 e. The van der Waals surface area contributed by atoms with Crippen LogP contribution in [-0.4, -0.2) is 34.9 Å². The number of nitriles is 2. The summed E-state index contributed by atoms with van der Waals surface area (Å²) in [7, 11) is 0. The molecule has 0 spiro atoms. The van der Waals surface area contributed by atoms with Crippen LogP contribution in [0.15, 0.2) is 96.7 Å². The molecule has 3 aliphatic rings. The molecule has 0 atom stereocenters. The third kappa shape index (κ3) is 3.96. The molecular formula is C26H8N16. The molecule has 0 saturated heterocycles. The van der Waals surface area contributed by atoms with E-state index < -0.39 is 0 Å². The molecule has 0 radical (unpaired) electrons. The number of pyridine rings is 1. The molecule has 0 aromatic carbocycles. The van der Waals surface area contributed by atoms with Crippen LogP contribution in [0.4, 0.5) is 0 Å². The fraction of sp³-hybridized carbons (Fsp3) is 0. The van der Waals surface area contributed by atoms with Crippen LogP contribution in [0.25, 0.3) is 21.7 Å². The molecule has 0 aliphatic carbocycles. The number of rotatable bonds is 3. The minimum absolute atomic E-state index is 0.0181. The van der Waals surface area contributed by atoms with E-state index in [4.69, 9.17) is 6.57 Å². The van der Waals surface area contributed by atoms with E-state index in [-0.39, 0.29) is 84.2 Å². The molecule has 4 aromatic heterocycles. The number of hydrogen-bond acceptors (Lipinski definition) is 15. The summed E-state index contributed by atoms with van der Waals surface area (Å²) in [5.41, 5.74) is 1.75. The highest BCUT2D eigenvalue weighted by atomic mass is 15.1. The van der Waals surface area contributed by atoms with Gasteiger partial charge in [0.15, 0.2) is 50.4 Å². The van der Waals surface area contributed by atoms with Crippen LogP contribution in [0.3, 0.4) is 0 Å². The Morgan fingerprint density at radius 2 is 0.929 bits per heavy atom. The molecule has 3 aliphatic heterocycles. The van der Waals surface area contributed by atoms with Crippen LogP contribution >= 0.6 is 0 Å². The molecule has 0 saturated carbocycles. The van der Waals surface area contributed by atoms with Gasteiger partial charge in [0.2, 0.25) is 0 Å². The Kier molecular flexibility index (Phi) is 5.46. The molecule has 7 rings (SSSR count).